The van der Waals surface area contributed by atoms with Gasteiger partial charge in [0.1, 0.15) is 5.82 Å². The number of rotatable bonds is 1. The molecule has 1 atom stereocenters. The van der Waals surface area contributed by atoms with Gasteiger partial charge in [0.15, 0.2) is 0 Å². The van der Waals surface area contributed by atoms with Gasteiger partial charge in [-0.15, -0.1) is 0 Å². The van der Waals surface area contributed by atoms with Crippen molar-refractivity contribution < 1.29 is 9.18 Å². The van der Waals surface area contributed by atoms with Crippen LogP contribution < -0.4 is 0 Å². The number of carbonyl (C=O) groups excluding carboxylic acids is 1. The van der Waals surface area contributed by atoms with E-state index in [1.165, 1.54) is 0 Å². The van der Waals surface area contributed by atoms with Crippen molar-refractivity contribution in [1.29, 1.82) is 0 Å². The lowest BCUT2D eigenvalue weighted by molar-refractivity contribution is -0.130. The minimum Gasteiger partial charge on any atom is -0.342 e. The molecule has 1 heterocycles. The summed E-state index contributed by atoms with van der Waals surface area (Å²) in [6.07, 6.45) is 2.03. The zero-order valence-electron chi connectivity index (χ0n) is 13.3. The molecule has 0 radical (unpaired) electrons. The van der Waals surface area contributed by atoms with Crippen molar-refractivity contribution in [1.82, 2.24) is 4.90 Å². The largest absolute Gasteiger partial charge is 0.342 e. The number of hydrogen-bond donors (Lipinski definition) is 0. The standard InChI is InChI=1S/C15H20FNO.C2H6/c1-10-7-14(8-15(16)11(10)2)13-5-4-6-17(9-13)12(3)18;1-2/h7-8,13H,4-6,9H2,1-3H3;1-2H3. The topological polar surface area (TPSA) is 20.3 Å². The zero-order valence-corrected chi connectivity index (χ0v) is 13.3. The van der Waals surface area contributed by atoms with Gasteiger partial charge in [-0.2, -0.15) is 0 Å². The number of halogens is 1. The Morgan fingerprint density at radius 2 is 1.95 bits per heavy atom. The summed E-state index contributed by atoms with van der Waals surface area (Å²) in [7, 11) is 0. The number of carbonyl (C=O) groups is 1. The van der Waals surface area contributed by atoms with Crippen molar-refractivity contribution in [3.63, 3.8) is 0 Å². The predicted molar refractivity (Wildman–Crippen MR) is 81.5 cm³/mol. The predicted octanol–water partition coefficient (Wildman–Crippen LogP) is 4.19. The van der Waals surface area contributed by atoms with E-state index < -0.39 is 0 Å². The van der Waals surface area contributed by atoms with Gasteiger partial charge in [0.05, 0.1) is 0 Å². The molecule has 3 heteroatoms. The molecule has 0 aliphatic carbocycles. The van der Waals surface area contributed by atoms with Crippen LogP contribution in [0.15, 0.2) is 12.1 Å². The molecule has 1 aliphatic rings. The van der Waals surface area contributed by atoms with Crippen LogP contribution in [0.1, 0.15) is 56.2 Å². The maximum absolute atomic E-state index is 13.8. The molecule has 0 aromatic heterocycles. The summed E-state index contributed by atoms with van der Waals surface area (Å²) in [6, 6.07) is 3.70. The van der Waals surface area contributed by atoms with Crippen LogP contribution in [0.25, 0.3) is 0 Å². The van der Waals surface area contributed by atoms with Crippen molar-refractivity contribution in [2.45, 2.75) is 53.4 Å². The molecule has 2 rings (SSSR count). The summed E-state index contributed by atoms with van der Waals surface area (Å²) in [5.41, 5.74) is 2.74. The summed E-state index contributed by atoms with van der Waals surface area (Å²) in [5, 5.41) is 0. The summed E-state index contributed by atoms with van der Waals surface area (Å²) in [4.78, 5) is 13.3. The minimum atomic E-state index is -0.134. The maximum atomic E-state index is 13.8. The van der Waals surface area contributed by atoms with Crippen LogP contribution in [0.5, 0.6) is 0 Å². The van der Waals surface area contributed by atoms with Crippen molar-refractivity contribution in [2.75, 3.05) is 13.1 Å². The highest BCUT2D eigenvalue weighted by molar-refractivity contribution is 5.73. The average Bonchev–Trinajstić information content (AvgIpc) is 2.46. The second-order valence-corrected chi connectivity index (χ2v) is 5.25. The first-order valence-electron chi connectivity index (χ1n) is 7.51. The van der Waals surface area contributed by atoms with Gasteiger partial charge in [0, 0.05) is 25.9 Å². The summed E-state index contributed by atoms with van der Waals surface area (Å²) in [6.45, 7) is 10.9. The third-order valence-electron chi connectivity index (χ3n) is 3.96. The average molecular weight is 279 g/mol. The smallest absolute Gasteiger partial charge is 0.219 e. The van der Waals surface area contributed by atoms with Crippen LogP contribution >= 0.6 is 0 Å². The lowest BCUT2D eigenvalue weighted by Gasteiger charge is -2.32. The van der Waals surface area contributed by atoms with Crippen LogP contribution in [0.2, 0.25) is 0 Å². The Morgan fingerprint density at radius 1 is 1.30 bits per heavy atom. The Labute approximate surface area is 122 Å². The van der Waals surface area contributed by atoms with Crippen molar-refractivity contribution in [2.24, 2.45) is 0 Å². The highest BCUT2D eigenvalue weighted by Gasteiger charge is 2.23. The van der Waals surface area contributed by atoms with Gasteiger partial charge < -0.3 is 4.90 Å². The number of nitrogens with zero attached hydrogens (tertiary/aromatic N) is 1. The fraction of sp³-hybridized carbons (Fsp3) is 0.588. The zero-order chi connectivity index (χ0) is 15.3. The van der Waals surface area contributed by atoms with E-state index in [2.05, 4.69) is 6.07 Å². The molecular formula is C17H26FNO. The number of benzene rings is 1. The number of aryl methyl sites for hydroxylation is 1. The van der Waals surface area contributed by atoms with Gasteiger partial charge in [0.2, 0.25) is 5.91 Å². The summed E-state index contributed by atoms with van der Waals surface area (Å²) in [5.74, 6) is 0.255. The second kappa shape index (κ2) is 7.41. The van der Waals surface area contributed by atoms with E-state index in [1.807, 2.05) is 25.7 Å². The first kappa shape index (κ1) is 16.7. The molecule has 1 saturated heterocycles. The number of amides is 1. The molecule has 1 aromatic carbocycles. The van der Waals surface area contributed by atoms with E-state index >= 15 is 0 Å². The number of piperidine rings is 1. The van der Waals surface area contributed by atoms with Crippen LogP contribution in [0.3, 0.4) is 0 Å². The molecule has 20 heavy (non-hydrogen) atoms. The fourth-order valence-electron chi connectivity index (χ4n) is 2.61. The summed E-state index contributed by atoms with van der Waals surface area (Å²) >= 11 is 0. The molecule has 1 amide bonds. The maximum Gasteiger partial charge on any atom is 0.219 e. The van der Waals surface area contributed by atoms with E-state index in [9.17, 15) is 9.18 Å². The third-order valence-corrected chi connectivity index (χ3v) is 3.96. The molecule has 0 spiro atoms. The van der Waals surface area contributed by atoms with E-state index in [0.717, 1.165) is 42.6 Å². The highest BCUT2D eigenvalue weighted by Crippen LogP contribution is 2.29. The molecular weight excluding hydrogens is 253 g/mol. The van der Waals surface area contributed by atoms with Gasteiger partial charge in [-0.1, -0.05) is 19.9 Å². The highest BCUT2D eigenvalue weighted by atomic mass is 19.1. The van der Waals surface area contributed by atoms with Gasteiger partial charge in [-0.05, 0) is 49.4 Å². The van der Waals surface area contributed by atoms with E-state index in [-0.39, 0.29) is 17.6 Å². The first-order valence-corrected chi connectivity index (χ1v) is 7.51. The molecule has 0 N–H and O–H groups in total. The fourth-order valence-corrected chi connectivity index (χ4v) is 2.61. The first-order chi connectivity index (χ1) is 9.49. The molecule has 0 bridgehead atoms. The van der Waals surface area contributed by atoms with E-state index in [4.69, 9.17) is 0 Å². The second-order valence-electron chi connectivity index (χ2n) is 5.25. The van der Waals surface area contributed by atoms with Crippen LogP contribution in [0, 0.1) is 19.7 Å². The van der Waals surface area contributed by atoms with Crippen molar-refractivity contribution >= 4 is 5.91 Å². The van der Waals surface area contributed by atoms with E-state index in [0.29, 0.717) is 0 Å². The van der Waals surface area contributed by atoms with Gasteiger partial charge >= 0.3 is 0 Å². The van der Waals surface area contributed by atoms with Gasteiger partial charge in [-0.25, -0.2) is 4.39 Å². The number of likely N-dealkylation sites (tertiary alicyclic amines) is 1. The lowest BCUT2D eigenvalue weighted by Crippen LogP contribution is -2.37. The molecule has 0 saturated carbocycles. The summed E-state index contributed by atoms with van der Waals surface area (Å²) < 4.78 is 13.8. The molecule has 1 aromatic rings. The van der Waals surface area contributed by atoms with Crippen molar-refractivity contribution in [3.05, 3.63) is 34.6 Å². The molecule has 112 valence electrons. The molecule has 1 fully saturated rings. The monoisotopic (exact) mass is 279 g/mol. The van der Waals surface area contributed by atoms with Crippen molar-refractivity contribution in [3.8, 4) is 0 Å². The minimum absolute atomic E-state index is 0.115. The van der Waals surface area contributed by atoms with E-state index in [1.54, 1.807) is 19.9 Å². The molecule has 2 nitrogen and oxygen atoms in total. The van der Waals surface area contributed by atoms with Crippen LogP contribution in [-0.2, 0) is 4.79 Å². The molecule has 1 aliphatic heterocycles. The Morgan fingerprint density at radius 3 is 2.50 bits per heavy atom. The van der Waals surface area contributed by atoms with Crippen LogP contribution in [0.4, 0.5) is 4.39 Å². The van der Waals surface area contributed by atoms with Gasteiger partial charge in [-0.3, -0.25) is 4.79 Å². The van der Waals surface area contributed by atoms with Gasteiger partial charge in [0.25, 0.3) is 0 Å². The molecule has 1 unspecified atom stereocenters. The third kappa shape index (κ3) is 3.81. The normalized spacial score (nSPS) is 18.3. The Kier molecular flexibility index (Phi) is 6.18. The lowest BCUT2D eigenvalue weighted by atomic mass is 9.88. The quantitative estimate of drug-likeness (QED) is 0.754. The Balaban J connectivity index is 0.000000956. The number of hydrogen-bond acceptors (Lipinski definition) is 1. The SMILES string of the molecule is CC.CC(=O)N1CCCC(c2cc(C)c(C)c(F)c2)C1. The Bertz CT molecular complexity index is 447. The Hall–Kier alpha value is -1.38. The van der Waals surface area contributed by atoms with Crippen LogP contribution in [-0.4, -0.2) is 23.9 Å².